The van der Waals surface area contributed by atoms with Crippen LogP contribution in [0.3, 0.4) is 0 Å². The van der Waals surface area contributed by atoms with Gasteiger partial charge in [-0.15, -0.1) is 0 Å². The lowest BCUT2D eigenvalue weighted by molar-refractivity contribution is -0.139. The van der Waals surface area contributed by atoms with Gasteiger partial charge in [0.05, 0.1) is 10.5 Å². The molecule has 0 heterocycles. The first-order chi connectivity index (χ1) is 9.50. The minimum Gasteiger partial charge on any atom is -0.480 e. The van der Waals surface area contributed by atoms with Crippen molar-refractivity contribution in [2.45, 2.75) is 37.4 Å². The summed E-state index contributed by atoms with van der Waals surface area (Å²) in [7, 11) is -4.36. The second kappa shape index (κ2) is 6.02. The van der Waals surface area contributed by atoms with Crippen LogP contribution in [0, 0.1) is 6.92 Å². The molecular weight excluding hydrogens is 311 g/mol. The third-order valence-electron chi connectivity index (χ3n) is 2.88. The summed E-state index contributed by atoms with van der Waals surface area (Å²) in [5.74, 6) is -1.40. The third kappa shape index (κ3) is 3.94. The molecule has 1 atom stereocenters. The molecule has 1 rings (SSSR count). The largest absolute Gasteiger partial charge is 0.480 e. The SMILES string of the molecule is CC[C@@H](NS(=O)(=O)c1cccc(C(F)(F)F)c1C)C(=O)O. The van der Waals surface area contributed by atoms with Crippen molar-refractivity contribution < 1.29 is 31.5 Å². The van der Waals surface area contributed by atoms with Crippen molar-refractivity contribution >= 4 is 16.0 Å². The predicted molar refractivity (Wildman–Crippen MR) is 68.2 cm³/mol. The lowest BCUT2D eigenvalue weighted by Gasteiger charge is -2.17. The van der Waals surface area contributed by atoms with Crippen LogP contribution in [-0.4, -0.2) is 25.5 Å². The maximum Gasteiger partial charge on any atom is 0.416 e. The molecule has 0 aliphatic carbocycles. The fraction of sp³-hybridized carbons (Fsp3) is 0.417. The number of sulfonamides is 1. The second-order valence-corrected chi connectivity index (χ2v) is 6.03. The van der Waals surface area contributed by atoms with Crippen LogP contribution in [0.4, 0.5) is 13.2 Å². The smallest absolute Gasteiger partial charge is 0.416 e. The van der Waals surface area contributed by atoms with Crippen molar-refractivity contribution in [2.24, 2.45) is 0 Å². The summed E-state index contributed by atoms with van der Waals surface area (Å²) in [4.78, 5) is 10.3. The summed E-state index contributed by atoms with van der Waals surface area (Å²) in [6.07, 6.45) is -4.72. The molecule has 0 fully saturated rings. The number of carboxylic acids is 1. The van der Waals surface area contributed by atoms with E-state index in [0.717, 1.165) is 25.1 Å². The van der Waals surface area contributed by atoms with Crippen LogP contribution in [0.2, 0.25) is 0 Å². The van der Waals surface area contributed by atoms with E-state index in [4.69, 9.17) is 5.11 Å². The molecule has 21 heavy (non-hydrogen) atoms. The topological polar surface area (TPSA) is 83.5 Å². The van der Waals surface area contributed by atoms with Crippen molar-refractivity contribution in [2.75, 3.05) is 0 Å². The van der Waals surface area contributed by atoms with Crippen molar-refractivity contribution in [3.8, 4) is 0 Å². The number of benzene rings is 1. The van der Waals surface area contributed by atoms with Crippen LogP contribution in [0.1, 0.15) is 24.5 Å². The number of halogens is 3. The molecule has 0 aromatic heterocycles. The number of hydrogen-bond donors (Lipinski definition) is 2. The maximum atomic E-state index is 12.8. The number of aliphatic carboxylic acids is 1. The second-order valence-electron chi connectivity index (χ2n) is 4.35. The number of hydrogen-bond acceptors (Lipinski definition) is 3. The zero-order valence-electron chi connectivity index (χ0n) is 11.2. The van der Waals surface area contributed by atoms with Gasteiger partial charge in [-0.1, -0.05) is 13.0 Å². The molecule has 1 aromatic carbocycles. The lowest BCUT2D eigenvalue weighted by atomic mass is 10.1. The summed E-state index contributed by atoms with van der Waals surface area (Å²) in [6.45, 7) is 2.47. The van der Waals surface area contributed by atoms with Crippen LogP contribution < -0.4 is 4.72 Å². The summed E-state index contributed by atoms with van der Waals surface area (Å²) < 4.78 is 64.3. The monoisotopic (exact) mass is 325 g/mol. The quantitative estimate of drug-likeness (QED) is 0.869. The van der Waals surface area contributed by atoms with E-state index in [1.54, 1.807) is 0 Å². The Balaban J connectivity index is 3.30. The van der Waals surface area contributed by atoms with Gasteiger partial charge >= 0.3 is 12.1 Å². The van der Waals surface area contributed by atoms with E-state index in [2.05, 4.69) is 0 Å². The van der Waals surface area contributed by atoms with Crippen molar-refractivity contribution in [1.82, 2.24) is 4.72 Å². The zero-order chi connectivity index (χ0) is 16.4. The first kappa shape index (κ1) is 17.4. The van der Waals surface area contributed by atoms with Crippen LogP contribution in [-0.2, 0) is 21.0 Å². The zero-order valence-corrected chi connectivity index (χ0v) is 12.0. The minimum atomic E-state index is -4.69. The van der Waals surface area contributed by atoms with Gasteiger partial charge in [-0.25, -0.2) is 8.42 Å². The summed E-state index contributed by atoms with van der Waals surface area (Å²) >= 11 is 0. The Bertz CT molecular complexity index is 640. The molecule has 0 saturated carbocycles. The number of carboxylic acid groups (broad SMARTS) is 1. The highest BCUT2D eigenvalue weighted by Crippen LogP contribution is 2.34. The van der Waals surface area contributed by atoms with E-state index in [1.807, 2.05) is 4.72 Å². The van der Waals surface area contributed by atoms with Gasteiger partial charge < -0.3 is 5.11 Å². The number of carbonyl (C=O) groups is 1. The third-order valence-corrected chi connectivity index (χ3v) is 4.50. The highest BCUT2D eigenvalue weighted by atomic mass is 32.2. The highest BCUT2D eigenvalue weighted by molar-refractivity contribution is 7.89. The van der Waals surface area contributed by atoms with Crippen molar-refractivity contribution in [1.29, 1.82) is 0 Å². The Kier molecular flexibility index (Phi) is 5.00. The van der Waals surface area contributed by atoms with Crippen molar-refractivity contribution in [3.63, 3.8) is 0 Å². The highest BCUT2D eigenvalue weighted by Gasteiger charge is 2.35. The van der Waals surface area contributed by atoms with Gasteiger partial charge in [-0.2, -0.15) is 17.9 Å². The summed E-state index contributed by atoms with van der Waals surface area (Å²) in [5.41, 5.74) is -1.55. The van der Waals surface area contributed by atoms with Gasteiger partial charge in [0.1, 0.15) is 6.04 Å². The number of nitrogens with one attached hydrogen (secondary N) is 1. The molecule has 0 aliphatic heterocycles. The molecule has 5 nitrogen and oxygen atoms in total. The molecule has 0 saturated heterocycles. The molecule has 0 aliphatic rings. The Labute approximate surface area is 119 Å². The van der Waals surface area contributed by atoms with Crippen LogP contribution in [0.5, 0.6) is 0 Å². The molecule has 0 amide bonds. The summed E-state index contributed by atoms with van der Waals surface area (Å²) in [5, 5.41) is 8.83. The predicted octanol–water partition coefficient (Wildman–Crippen LogP) is 2.16. The van der Waals surface area contributed by atoms with E-state index < -0.39 is 44.2 Å². The molecule has 1 aromatic rings. The van der Waals surface area contributed by atoms with E-state index in [1.165, 1.54) is 6.92 Å². The molecule has 0 radical (unpaired) electrons. The average molecular weight is 325 g/mol. The van der Waals surface area contributed by atoms with Crippen LogP contribution >= 0.6 is 0 Å². The number of rotatable bonds is 5. The Morgan fingerprint density at radius 2 is 1.95 bits per heavy atom. The van der Waals surface area contributed by atoms with Crippen LogP contribution in [0.25, 0.3) is 0 Å². The van der Waals surface area contributed by atoms with Crippen LogP contribution in [0.15, 0.2) is 23.1 Å². The van der Waals surface area contributed by atoms with Gasteiger partial charge in [-0.05, 0) is 31.0 Å². The minimum absolute atomic E-state index is 0.0351. The molecule has 0 bridgehead atoms. The molecular formula is C12H14F3NO4S. The maximum absolute atomic E-state index is 12.8. The molecule has 9 heteroatoms. The van der Waals surface area contributed by atoms with Gasteiger partial charge in [0.25, 0.3) is 0 Å². The van der Waals surface area contributed by atoms with E-state index in [9.17, 15) is 26.4 Å². The number of alkyl halides is 3. The molecule has 0 unspecified atom stereocenters. The first-order valence-corrected chi connectivity index (χ1v) is 7.41. The van der Waals surface area contributed by atoms with E-state index >= 15 is 0 Å². The normalized spacial score (nSPS) is 14.0. The lowest BCUT2D eigenvalue weighted by Crippen LogP contribution is -2.40. The van der Waals surface area contributed by atoms with Gasteiger partial charge in [0, 0.05) is 0 Å². The average Bonchev–Trinajstić information content (AvgIpc) is 2.34. The Morgan fingerprint density at radius 3 is 2.38 bits per heavy atom. The van der Waals surface area contributed by atoms with E-state index in [0.29, 0.717) is 0 Å². The fourth-order valence-electron chi connectivity index (χ4n) is 1.77. The van der Waals surface area contributed by atoms with Gasteiger partial charge in [0.2, 0.25) is 10.0 Å². The van der Waals surface area contributed by atoms with Crippen molar-refractivity contribution in [3.05, 3.63) is 29.3 Å². The Hall–Kier alpha value is -1.61. The summed E-state index contributed by atoms with van der Waals surface area (Å²) in [6, 6.07) is 1.33. The van der Waals surface area contributed by atoms with Gasteiger partial charge in [-0.3, -0.25) is 4.79 Å². The molecule has 2 N–H and O–H groups in total. The van der Waals surface area contributed by atoms with E-state index in [-0.39, 0.29) is 6.42 Å². The molecule has 118 valence electrons. The molecule has 0 spiro atoms. The first-order valence-electron chi connectivity index (χ1n) is 5.92. The Morgan fingerprint density at radius 1 is 1.38 bits per heavy atom. The standard InChI is InChI=1S/C12H14F3NO4S/c1-3-9(11(17)18)16-21(19,20)10-6-4-5-8(7(10)2)12(13,14)15/h4-6,9,16H,3H2,1-2H3,(H,17,18)/t9-/m1/s1. The fourth-order valence-corrected chi connectivity index (χ4v) is 3.31. The van der Waals surface area contributed by atoms with Gasteiger partial charge in [0.15, 0.2) is 0 Å².